The zero-order valence-electron chi connectivity index (χ0n) is 12.8. The second-order valence-electron chi connectivity index (χ2n) is 4.88. The fraction of sp³-hybridized carbons (Fsp3) is 0.111. The highest BCUT2D eigenvalue weighted by molar-refractivity contribution is 5.91. The van der Waals surface area contributed by atoms with Crippen LogP contribution in [0.2, 0.25) is 0 Å². The molecule has 2 aromatic rings. The van der Waals surface area contributed by atoms with E-state index in [0.29, 0.717) is 12.3 Å². The van der Waals surface area contributed by atoms with Crippen molar-refractivity contribution in [2.75, 3.05) is 5.32 Å². The summed E-state index contributed by atoms with van der Waals surface area (Å²) >= 11 is 0. The van der Waals surface area contributed by atoms with Crippen LogP contribution in [0.1, 0.15) is 18.1 Å². The summed E-state index contributed by atoms with van der Waals surface area (Å²) in [7, 11) is 0. The molecule has 118 valence electrons. The normalized spacial score (nSPS) is 10.5. The first-order valence-electron chi connectivity index (χ1n) is 7.15. The first-order valence-corrected chi connectivity index (χ1v) is 7.15. The second kappa shape index (κ2) is 8.51. The Labute approximate surface area is 134 Å². The van der Waals surface area contributed by atoms with Crippen LogP contribution in [0.3, 0.4) is 0 Å². The fourth-order valence-electron chi connectivity index (χ4n) is 1.85. The average Bonchev–Trinajstić information content (AvgIpc) is 2.55. The minimum Gasteiger partial charge on any atom is -0.326 e. The Bertz CT molecular complexity index is 679. The van der Waals surface area contributed by atoms with E-state index >= 15 is 0 Å². The van der Waals surface area contributed by atoms with Gasteiger partial charge in [-0.2, -0.15) is 0 Å². The van der Waals surface area contributed by atoms with Gasteiger partial charge in [-0.15, -0.1) is 0 Å². The molecule has 0 spiro atoms. The Hall–Kier alpha value is -2.92. The molecule has 2 rings (SSSR count). The molecular formula is C18H18N2O3. The zero-order valence-corrected chi connectivity index (χ0v) is 12.8. The summed E-state index contributed by atoms with van der Waals surface area (Å²) in [6.07, 6.45) is 3.05. The number of nitrogens with one attached hydrogen (secondary N) is 2. The Morgan fingerprint density at radius 1 is 1.04 bits per heavy atom. The van der Waals surface area contributed by atoms with Crippen LogP contribution in [0.25, 0.3) is 6.08 Å². The molecule has 2 N–H and O–H groups in total. The Kier molecular flexibility index (Phi) is 6.08. The molecule has 0 unspecified atom stereocenters. The van der Waals surface area contributed by atoms with Crippen LogP contribution < -0.4 is 10.8 Å². The van der Waals surface area contributed by atoms with Crippen LogP contribution in [-0.2, 0) is 21.0 Å². The maximum atomic E-state index is 11.6. The summed E-state index contributed by atoms with van der Waals surface area (Å²) in [6.45, 7) is 1.76. The van der Waals surface area contributed by atoms with Crippen LogP contribution in [-0.4, -0.2) is 11.8 Å². The lowest BCUT2D eigenvalue weighted by Crippen LogP contribution is -2.21. The first kappa shape index (κ1) is 16.5. The molecule has 0 saturated heterocycles. The summed E-state index contributed by atoms with van der Waals surface area (Å²) in [5, 5.41) is 2.68. The molecule has 0 bridgehead atoms. The SMILES string of the molecule is CC(=O)Nc1ccc(/C=C/C(=O)NOCc2ccccc2)cc1. The molecule has 0 atom stereocenters. The quantitative estimate of drug-likeness (QED) is 0.637. The van der Waals surface area contributed by atoms with Gasteiger partial charge in [-0.1, -0.05) is 42.5 Å². The van der Waals surface area contributed by atoms with E-state index in [1.54, 1.807) is 30.3 Å². The zero-order chi connectivity index (χ0) is 16.5. The third-order valence-electron chi connectivity index (χ3n) is 2.91. The number of rotatable bonds is 6. The van der Waals surface area contributed by atoms with E-state index in [1.807, 2.05) is 30.3 Å². The van der Waals surface area contributed by atoms with Gasteiger partial charge in [0.25, 0.3) is 5.91 Å². The van der Waals surface area contributed by atoms with E-state index in [9.17, 15) is 9.59 Å². The molecule has 5 heteroatoms. The highest BCUT2D eigenvalue weighted by atomic mass is 16.6. The lowest BCUT2D eigenvalue weighted by Gasteiger charge is -2.03. The van der Waals surface area contributed by atoms with Crippen molar-refractivity contribution in [3.63, 3.8) is 0 Å². The summed E-state index contributed by atoms with van der Waals surface area (Å²) in [6, 6.07) is 16.7. The highest BCUT2D eigenvalue weighted by Crippen LogP contribution is 2.10. The Morgan fingerprint density at radius 2 is 1.74 bits per heavy atom. The molecule has 0 radical (unpaired) electrons. The van der Waals surface area contributed by atoms with E-state index in [0.717, 1.165) is 11.1 Å². The van der Waals surface area contributed by atoms with E-state index < -0.39 is 0 Å². The number of hydroxylamine groups is 1. The smallest absolute Gasteiger partial charge is 0.267 e. The number of anilines is 1. The molecule has 2 aromatic carbocycles. The van der Waals surface area contributed by atoms with Gasteiger partial charge in [-0.05, 0) is 29.3 Å². The van der Waals surface area contributed by atoms with Crippen molar-refractivity contribution in [1.29, 1.82) is 0 Å². The van der Waals surface area contributed by atoms with Crippen molar-refractivity contribution in [1.82, 2.24) is 5.48 Å². The molecule has 5 nitrogen and oxygen atoms in total. The van der Waals surface area contributed by atoms with Gasteiger partial charge in [-0.25, -0.2) is 5.48 Å². The summed E-state index contributed by atoms with van der Waals surface area (Å²) in [4.78, 5) is 27.7. The standard InChI is InChI=1S/C18H18N2O3/c1-14(21)19-17-10-7-15(8-11-17)9-12-18(22)20-23-13-16-5-3-2-4-6-16/h2-12H,13H2,1H3,(H,19,21)(H,20,22)/b12-9+. The average molecular weight is 310 g/mol. The minimum atomic E-state index is -0.341. The number of amides is 2. The van der Waals surface area contributed by atoms with Crippen LogP contribution in [0.5, 0.6) is 0 Å². The first-order chi connectivity index (χ1) is 11.1. The summed E-state index contributed by atoms with van der Waals surface area (Å²) in [5.74, 6) is -0.463. The molecule has 23 heavy (non-hydrogen) atoms. The lowest BCUT2D eigenvalue weighted by atomic mass is 10.2. The molecule has 0 saturated carbocycles. The van der Waals surface area contributed by atoms with Crippen LogP contribution >= 0.6 is 0 Å². The minimum absolute atomic E-state index is 0.122. The van der Waals surface area contributed by atoms with Crippen LogP contribution in [0, 0.1) is 0 Å². The number of benzene rings is 2. The maximum Gasteiger partial charge on any atom is 0.267 e. The summed E-state index contributed by atoms with van der Waals surface area (Å²) in [5.41, 5.74) is 4.89. The van der Waals surface area contributed by atoms with Gasteiger partial charge < -0.3 is 5.32 Å². The van der Waals surface area contributed by atoms with Crippen LogP contribution in [0.15, 0.2) is 60.7 Å². The van der Waals surface area contributed by atoms with E-state index in [1.165, 1.54) is 13.0 Å². The van der Waals surface area contributed by atoms with Gasteiger partial charge in [0, 0.05) is 18.7 Å². The molecule has 0 heterocycles. The molecule has 0 aromatic heterocycles. The summed E-state index contributed by atoms with van der Waals surface area (Å²) < 4.78 is 0. The molecule has 0 aliphatic rings. The number of carbonyl (C=O) groups excluding carboxylic acids is 2. The van der Waals surface area contributed by atoms with Crippen molar-refractivity contribution in [2.24, 2.45) is 0 Å². The van der Waals surface area contributed by atoms with E-state index in [4.69, 9.17) is 4.84 Å². The Balaban J connectivity index is 1.78. The van der Waals surface area contributed by atoms with Crippen molar-refractivity contribution < 1.29 is 14.4 Å². The van der Waals surface area contributed by atoms with E-state index in [-0.39, 0.29) is 11.8 Å². The van der Waals surface area contributed by atoms with Crippen molar-refractivity contribution >= 4 is 23.6 Å². The third-order valence-corrected chi connectivity index (χ3v) is 2.91. The number of hydrogen-bond donors (Lipinski definition) is 2. The lowest BCUT2D eigenvalue weighted by molar-refractivity contribution is -0.129. The van der Waals surface area contributed by atoms with Crippen molar-refractivity contribution in [3.05, 3.63) is 71.8 Å². The fourth-order valence-corrected chi connectivity index (χ4v) is 1.85. The monoisotopic (exact) mass is 310 g/mol. The molecule has 0 fully saturated rings. The number of carbonyl (C=O) groups is 2. The van der Waals surface area contributed by atoms with Crippen LogP contribution in [0.4, 0.5) is 5.69 Å². The predicted molar refractivity (Wildman–Crippen MR) is 89.2 cm³/mol. The van der Waals surface area contributed by atoms with Crippen molar-refractivity contribution in [2.45, 2.75) is 13.5 Å². The maximum absolute atomic E-state index is 11.6. The molecule has 0 aliphatic heterocycles. The highest BCUT2D eigenvalue weighted by Gasteiger charge is 1.98. The molecule has 2 amide bonds. The second-order valence-corrected chi connectivity index (χ2v) is 4.88. The van der Waals surface area contributed by atoms with Gasteiger partial charge in [0.1, 0.15) is 0 Å². The molecular weight excluding hydrogens is 292 g/mol. The van der Waals surface area contributed by atoms with Gasteiger partial charge in [0.15, 0.2) is 0 Å². The third kappa shape index (κ3) is 6.15. The van der Waals surface area contributed by atoms with Gasteiger partial charge in [-0.3, -0.25) is 14.4 Å². The Morgan fingerprint density at radius 3 is 2.39 bits per heavy atom. The largest absolute Gasteiger partial charge is 0.326 e. The van der Waals surface area contributed by atoms with Crippen molar-refractivity contribution in [3.8, 4) is 0 Å². The number of hydrogen-bond acceptors (Lipinski definition) is 3. The van der Waals surface area contributed by atoms with E-state index in [2.05, 4.69) is 10.8 Å². The van der Waals surface area contributed by atoms with Gasteiger partial charge in [0.2, 0.25) is 5.91 Å². The predicted octanol–water partition coefficient (Wildman–Crippen LogP) is 2.91. The topological polar surface area (TPSA) is 67.4 Å². The van der Waals surface area contributed by atoms with Gasteiger partial charge >= 0.3 is 0 Å². The molecule has 0 aliphatic carbocycles. The van der Waals surface area contributed by atoms with Gasteiger partial charge in [0.05, 0.1) is 6.61 Å².